The molecular weight excluding hydrogens is 318 g/mol. The first-order valence-corrected chi connectivity index (χ1v) is 9.69. The van der Waals surface area contributed by atoms with Crippen molar-refractivity contribution in [1.82, 2.24) is 4.90 Å². The van der Waals surface area contributed by atoms with Crippen molar-refractivity contribution in [1.29, 1.82) is 10.5 Å². The zero-order valence-electron chi connectivity index (χ0n) is 13.7. The van der Waals surface area contributed by atoms with E-state index in [9.17, 15) is 10.1 Å². The van der Waals surface area contributed by atoms with Crippen LogP contribution in [0, 0.1) is 40.4 Å². The third-order valence-electron chi connectivity index (χ3n) is 6.25. The van der Waals surface area contributed by atoms with Gasteiger partial charge in [-0.3, -0.25) is 4.79 Å². The number of amides is 1. The highest BCUT2D eigenvalue weighted by Crippen LogP contribution is 2.58. The van der Waals surface area contributed by atoms with E-state index in [4.69, 9.17) is 5.26 Å². The van der Waals surface area contributed by atoms with E-state index >= 15 is 0 Å². The smallest absolute Gasteiger partial charge is 0.265 e. The summed E-state index contributed by atoms with van der Waals surface area (Å²) >= 11 is 1.35. The van der Waals surface area contributed by atoms with Gasteiger partial charge in [0.25, 0.3) is 5.91 Å². The molecule has 0 atom stereocenters. The summed E-state index contributed by atoms with van der Waals surface area (Å²) < 4.78 is 0. The van der Waals surface area contributed by atoms with Gasteiger partial charge in [-0.25, -0.2) is 0 Å². The number of thiophene rings is 1. The highest BCUT2D eigenvalue weighted by molar-refractivity contribution is 7.12. The van der Waals surface area contributed by atoms with Gasteiger partial charge in [-0.2, -0.15) is 10.5 Å². The Balaban J connectivity index is 1.69. The molecule has 4 fully saturated rings. The van der Waals surface area contributed by atoms with E-state index in [-0.39, 0.29) is 11.4 Å². The molecule has 0 aromatic carbocycles. The van der Waals surface area contributed by atoms with Gasteiger partial charge in [-0.1, -0.05) is 0 Å². The highest BCUT2D eigenvalue weighted by Gasteiger charge is 2.54. The Kier molecular flexibility index (Phi) is 3.85. The van der Waals surface area contributed by atoms with Crippen LogP contribution in [0.5, 0.6) is 0 Å². The summed E-state index contributed by atoms with van der Waals surface area (Å²) in [5, 5.41) is 20.2. The lowest BCUT2D eigenvalue weighted by Crippen LogP contribution is -2.61. The molecule has 4 aliphatic rings. The number of rotatable bonds is 4. The topological polar surface area (TPSA) is 67.9 Å². The van der Waals surface area contributed by atoms with Crippen LogP contribution < -0.4 is 0 Å². The van der Waals surface area contributed by atoms with Crippen molar-refractivity contribution in [3.8, 4) is 12.1 Å². The first-order chi connectivity index (χ1) is 11.6. The lowest BCUT2D eigenvalue weighted by atomic mass is 9.52. The Morgan fingerprint density at radius 1 is 1.21 bits per heavy atom. The maximum atomic E-state index is 13.3. The Morgan fingerprint density at radius 3 is 2.38 bits per heavy atom. The number of carbonyl (C=O) groups is 1. The molecule has 4 saturated carbocycles. The molecule has 24 heavy (non-hydrogen) atoms. The average molecular weight is 339 g/mol. The minimum absolute atomic E-state index is 0.0289. The molecule has 0 N–H and O–H groups in total. The minimum atomic E-state index is -0.0700. The predicted molar refractivity (Wildman–Crippen MR) is 91.2 cm³/mol. The summed E-state index contributed by atoms with van der Waals surface area (Å²) in [6.45, 7) is 0.490. The van der Waals surface area contributed by atoms with Crippen LogP contribution in [0.1, 0.15) is 60.2 Å². The standard InChI is InChI=1S/C19H21N3OS/c20-3-1-4-22(18(23)17-16(12-21)2-5-24-17)19-9-13-6-14(10-19)8-15(7-13)11-19/h2,5,13-15H,1,4,6-11H2. The van der Waals surface area contributed by atoms with Crippen LogP contribution in [0.15, 0.2) is 11.4 Å². The van der Waals surface area contributed by atoms with E-state index < -0.39 is 0 Å². The number of hydrogen-bond donors (Lipinski definition) is 0. The van der Waals surface area contributed by atoms with Crippen molar-refractivity contribution < 1.29 is 4.79 Å². The van der Waals surface area contributed by atoms with Crippen LogP contribution in [0.2, 0.25) is 0 Å². The Bertz CT molecular complexity index is 703. The van der Waals surface area contributed by atoms with Gasteiger partial charge in [0.2, 0.25) is 0 Å². The van der Waals surface area contributed by atoms with Crippen molar-refractivity contribution in [3.63, 3.8) is 0 Å². The summed E-state index contributed by atoms with van der Waals surface area (Å²) in [7, 11) is 0. The molecule has 0 unspecified atom stereocenters. The molecule has 1 heterocycles. The van der Waals surface area contributed by atoms with Crippen LogP contribution in [0.25, 0.3) is 0 Å². The maximum Gasteiger partial charge on any atom is 0.265 e. The molecule has 0 radical (unpaired) electrons. The van der Waals surface area contributed by atoms with Crippen LogP contribution in [0.4, 0.5) is 0 Å². The summed E-state index contributed by atoms with van der Waals surface area (Å²) in [5.74, 6) is 2.20. The molecule has 124 valence electrons. The molecule has 1 aromatic heterocycles. The van der Waals surface area contributed by atoms with E-state index in [1.807, 2.05) is 10.3 Å². The number of nitrogens with zero attached hydrogens (tertiary/aromatic N) is 3. The van der Waals surface area contributed by atoms with Gasteiger partial charge in [-0.05, 0) is 67.7 Å². The summed E-state index contributed by atoms with van der Waals surface area (Å²) in [4.78, 5) is 15.8. The van der Waals surface area contributed by atoms with Gasteiger partial charge >= 0.3 is 0 Å². The molecular formula is C19H21N3OS. The molecule has 4 aliphatic carbocycles. The molecule has 0 saturated heterocycles. The number of carbonyl (C=O) groups excluding carboxylic acids is 1. The Morgan fingerprint density at radius 2 is 1.83 bits per heavy atom. The van der Waals surface area contributed by atoms with Gasteiger partial charge in [0, 0.05) is 12.1 Å². The molecule has 4 bridgehead atoms. The van der Waals surface area contributed by atoms with E-state index in [1.54, 1.807) is 6.07 Å². The lowest BCUT2D eigenvalue weighted by Gasteiger charge is -2.60. The summed E-state index contributed by atoms with van der Waals surface area (Å²) in [5.41, 5.74) is 0.399. The van der Waals surface area contributed by atoms with Gasteiger partial charge < -0.3 is 4.90 Å². The SMILES string of the molecule is N#CCCN(C(=O)c1sccc1C#N)C12CC3CC(CC(C3)C1)C2. The Labute approximate surface area is 146 Å². The normalized spacial score (nSPS) is 33.0. The van der Waals surface area contributed by atoms with Crippen LogP contribution in [-0.2, 0) is 0 Å². The van der Waals surface area contributed by atoms with Gasteiger partial charge in [0.15, 0.2) is 0 Å². The zero-order valence-corrected chi connectivity index (χ0v) is 14.5. The molecule has 1 amide bonds. The minimum Gasteiger partial charge on any atom is -0.331 e. The van der Waals surface area contributed by atoms with Gasteiger partial charge in [0.1, 0.15) is 10.9 Å². The first-order valence-electron chi connectivity index (χ1n) is 8.82. The molecule has 5 rings (SSSR count). The molecule has 1 aromatic rings. The summed E-state index contributed by atoms with van der Waals surface area (Å²) in [6.07, 6.45) is 7.59. The second-order valence-electron chi connectivity index (χ2n) is 7.78. The maximum absolute atomic E-state index is 13.3. The lowest BCUT2D eigenvalue weighted by molar-refractivity contribution is -0.0739. The number of hydrogen-bond acceptors (Lipinski definition) is 4. The largest absolute Gasteiger partial charge is 0.331 e. The molecule has 4 nitrogen and oxygen atoms in total. The van der Waals surface area contributed by atoms with Crippen molar-refractivity contribution in [2.75, 3.05) is 6.54 Å². The zero-order chi connectivity index (χ0) is 16.7. The van der Waals surface area contributed by atoms with Crippen LogP contribution in [0.3, 0.4) is 0 Å². The predicted octanol–water partition coefficient (Wildman–Crippen LogP) is 3.94. The molecule has 5 heteroatoms. The molecule has 0 aliphatic heterocycles. The van der Waals surface area contributed by atoms with E-state index in [2.05, 4.69) is 12.1 Å². The number of nitriles is 2. The average Bonchev–Trinajstić information content (AvgIpc) is 3.02. The first kappa shape index (κ1) is 15.7. The third-order valence-corrected chi connectivity index (χ3v) is 7.15. The fraction of sp³-hybridized carbons (Fsp3) is 0.632. The van der Waals surface area contributed by atoms with Crippen molar-refractivity contribution in [3.05, 3.63) is 21.9 Å². The van der Waals surface area contributed by atoms with Crippen LogP contribution in [-0.4, -0.2) is 22.9 Å². The van der Waals surface area contributed by atoms with E-state index in [1.165, 1.54) is 30.6 Å². The summed E-state index contributed by atoms with van der Waals surface area (Å²) in [6, 6.07) is 6.06. The monoisotopic (exact) mass is 339 g/mol. The van der Waals surface area contributed by atoms with Crippen molar-refractivity contribution in [2.24, 2.45) is 17.8 Å². The second kappa shape index (κ2) is 5.90. The van der Waals surface area contributed by atoms with E-state index in [0.29, 0.717) is 23.4 Å². The van der Waals surface area contributed by atoms with E-state index in [0.717, 1.165) is 37.0 Å². The van der Waals surface area contributed by atoms with Crippen molar-refractivity contribution >= 4 is 17.2 Å². The van der Waals surface area contributed by atoms with Gasteiger partial charge in [0.05, 0.1) is 18.1 Å². The van der Waals surface area contributed by atoms with Crippen LogP contribution >= 0.6 is 11.3 Å². The Hall–Kier alpha value is -1.85. The van der Waals surface area contributed by atoms with Gasteiger partial charge in [-0.15, -0.1) is 11.3 Å². The highest BCUT2D eigenvalue weighted by atomic mass is 32.1. The van der Waals surface area contributed by atoms with Crippen molar-refractivity contribution in [2.45, 2.75) is 50.5 Å². The second-order valence-corrected chi connectivity index (χ2v) is 8.70. The fourth-order valence-corrected chi connectivity index (χ4v) is 6.59. The molecule has 0 spiro atoms. The fourth-order valence-electron chi connectivity index (χ4n) is 5.80. The third kappa shape index (κ3) is 2.43. The quantitative estimate of drug-likeness (QED) is 0.834.